The Labute approximate surface area is 152 Å². The van der Waals surface area contributed by atoms with E-state index in [-0.39, 0.29) is 23.8 Å². The molecule has 2 N–H and O–H groups in total. The van der Waals surface area contributed by atoms with E-state index in [0.29, 0.717) is 5.56 Å². The topological polar surface area (TPSA) is 58.2 Å². The van der Waals surface area contributed by atoms with Crippen LogP contribution in [0.2, 0.25) is 0 Å². The van der Waals surface area contributed by atoms with Gasteiger partial charge in [0.25, 0.3) is 5.91 Å². The fourth-order valence-corrected chi connectivity index (χ4v) is 3.58. The van der Waals surface area contributed by atoms with E-state index in [1.54, 1.807) is 6.07 Å². The Morgan fingerprint density at radius 2 is 1.71 bits per heavy atom. The van der Waals surface area contributed by atoms with Crippen LogP contribution in [0.3, 0.4) is 0 Å². The highest BCUT2D eigenvalue weighted by molar-refractivity contribution is 9.10. The molecule has 0 aliphatic heterocycles. The summed E-state index contributed by atoms with van der Waals surface area (Å²) in [7, 11) is 0. The number of hydrogen-bond donors (Lipinski definition) is 2. The van der Waals surface area contributed by atoms with Crippen LogP contribution in [0.15, 0.2) is 28.7 Å². The molecule has 0 bridgehead atoms. The van der Waals surface area contributed by atoms with Gasteiger partial charge in [0.2, 0.25) is 5.91 Å². The summed E-state index contributed by atoms with van der Waals surface area (Å²) in [5, 5.41) is 6.04. The first-order valence-electron chi connectivity index (χ1n) is 8.85. The zero-order valence-corrected chi connectivity index (χ0v) is 16.1. The molecule has 0 spiro atoms. The lowest BCUT2D eigenvalue weighted by Crippen LogP contribution is -2.52. The van der Waals surface area contributed by atoms with E-state index in [4.69, 9.17) is 0 Å². The molecule has 1 fully saturated rings. The normalized spacial score (nSPS) is 17.2. The van der Waals surface area contributed by atoms with Crippen LogP contribution in [-0.2, 0) is 4.79 Å². The molecule has 0 aromatic heterocycles. The quantitative estimate of drug-likeness (QED) is 0.740. The Hall–Kier alpha value is -1.36. The van der Waals surface area contributed by atoms with Crippen LogP contribution >= 0.6 is 15.9 Å². The van der Waals surface area contributed by atoms with Gasteiger partial charge in [-0.1, -0.05) is 51.7 Å². The molecular weight excluding hydrogens is 368 g/mol. The fraction of sp³-hybridized carbons (Fsp3) is 0.579. The molecule has 2 rings (SSSR count). The Bertz CT molecular complexity index is 566. The summed E-state index contributed by atoms with van der Waals surface area (Å²) in [5.41, 5.74) is 0.547. The van der Waals surface area contributed by atoms with Gasteiger partial charge in [-0.2, -0.15) is 0 Å². The van der Waals surface area contributed by atoms with Crippen LogP contribution in [0.1, 0.15) is 62.7 Å². The number of nitrogens with one attached hydrogen (secondary N) is 2. The maximum absolute atomic E-state index is 12.7. The van der Waals surface area contributed by atoms with Gasteiger partial charge in [0.15, 0.2) is 0 Å². The molecule has 0 unspecified atom stereocenters. The van der Waals surface area contributed by atoms with Gasteiger partial charge in [0.1, 0.15) is 6.04 Å². The zero-order chi connectivity index (χ0) is 17.5. The minimum atomic E-state index is -0.521. The summed E-state index contributed by atoms with van der Waals surface area (Å²) in [5.74, 6) is -0.267. The predicted molar refractivity (Wildman–Crippen MR) is 99.9 cm³/mol. The minimum Gasteiger partial charge on any atom is -0.352 e. The number of carbonyl (C=O) groups excluding carboxylic acids is 2. The van der Waals surface area contributed by atoms with Crippen molar-refractivity contribution < 1.29 is 9.59 Å². The lowest BCUT2D eigenvalue weighted by molar-refractivity contribution is -0.124. The maximum atomic E-state index is 12.7. The third-order valence-electron chi connectivity index (χ3n) is 4.56. The number of benzene rings is 1. The molecular formula is C19H27BrN2O2. The van der Waals surface area contributed by atoms with E-state index in [1.165, 1.54) is 25.7 Å². The minimum absolute atomic E-state index is 0.0298. The van der Waals surface area contributed by atoms with Gasteiger partial charge in [-0.25, -0.2) is 0 Å². The molecule has 1 atom stereocenters. The van der Waals surface area contributed by atoms with E-state index in [1.807, 2.05) is 32.0 Å². The summed E-state index contributed by atoms with van der Waals surface area (Å²) in [6.07, 6.45) is 6.90. The van der Waals surface area contributed by atoms with E-state index < -0.39 is 6.04 Å². The van der Waals surface area contributed by atoms with Crippen LogP contribution < -0.4 is 10.6 Å². The number of halogens is 1. The van der Waals surface area contributed by atoms with Crippen LogP contribution in [0.25, 0.3) is 0 Å². The third kappa shape index (κ3) is 5.33. The molecule has 0 radical (unpaired) electrons. The van der Waals surface area contributed by atoms with Crippen LogP contribution in [0.4, 0.5) is 0 Å². The summed E-state index contributed by atoms with van der Waals surface area (Å²) in [4.78, 5) is 25.2. The van der Waals surface area contributed by atoms with Crippen molar-refractivity contribution in [1.29, 1.82) is 0 Å². The van der Waals surface area contributed by atoms with Gasteiger partial charge >= 0.3 is 0 Å². The van der Waals surface area contributed by atoms with Crippen molar-refractivity contribution in [3.63, 3.8) is 0 Å². The van der Waals surface area contributed by atoms with Gasteiger partial charge in [-0.3, -0.25) is 9.59 Å². The van der Waals surface area contributed by atoms with Crippen molar-refractivity contribution in [3.8, 4) is 0 Å². The number of amides is 2. The SMILES string of the molecule is CC(C)[C@H](NC(=O)c1ccccc1Br)C(=O)NC1CCCCCC1. The van der Waals surface area contributed by atoms with E-state index >= 15 is 0 Å². The molecule has 1 aliphatic rings. The van der Waals surface area contributed by atoms with Crippen molar-refractivity contribution in [2.24, 2.45) is 5.92 Å². The second-order valence-electron chi connectivity index (χ2n) is 6.87. The Morgan fingerprint density at radius 1 is 1.08 bits per heavy atom. The first-order valence-corrected chi connectivity index (χ1v) is 9.64. The fourth-order valence-electron chi connectivity index (χ4n) is 3.11. The molecule has 1 saturated carbocycles. The first kappa shape index (κ1) is 19.0. The van der Waals surface area contributed by atoms with Crippen LogP contribution in [0, 0.1) is 5.92 Å². The lowest BCUT2D eigenvalue weighted by atomic mass is 10.0. The molecule has 132 valence electrons. The van der Waals surface area contributed by atoms with Gasteiger partial charge in [-0.15, -0.1) is 0 Å². The van der Waals surface area contributed by atoms with Gasteiger partial charge in [0, 0.05) is 10.5 Å². The maximum Gasteiger partial charge on any atom is 0.253 e. The summed E-state index contributed by atoms with van der Waals surface area (Å²) >= 11 is 3.39. The van der Waals surface area contributed by atoms with E-state index in [0.717, 1.165) is 17.3 Å². The average molecular weight is 395 g/mol. The third-order valence-corrected chi connectivity index (χ3v) is 5.25. The first-order chi connectivity index (χ1) is 11.5. The highest BCUT2D eigenvalue weighted by Crippen LogP contribution is 2.19. The number of hydrogen-bond acceptors (Lipinski definition) is 2. The molecule has 4 nitrogen and oxygen atoms in total. The van der Waals surface area contributed by atoms with Crippen molar-refractivity contribution in [1.82, 2.24) is 10.6 Å². The monoisotopic (exact) mass is 394 g/mol. The lowest BCUT2D eigenvalue weighted by Gasteiger charge is -2.25. The van der Waals surface area contributed by atoms with Crippen molar-refractivity contribution in [2.45, 2.75) is 64.5 Å². The molecule has 0 heterocycles. The zero-order valence-electron chi connectivity index (χ0n) is 14.5. The standard InChI is InChI=1S/C19H27BrN2O2/c1-13(2)17(19(24)21-14-9-5-3-4-6-10-14)22-18(23)15-11-7-8-12-16(15)20/h7-8,11-14,17H,3-6,9-10H2,1-2H3,(H,21,24)(H,22,23)/t17-/m0/s1. The van der Waals surface area contributed by atoms with Gasteiger partial charge < -0.3 is 10.6 Å². The molecule has 1 aromatic rings. The van der Waals surface area contributed by atoms with Gasteiger partial charge in [0.05, 0.1) is 5.56 Å². The predicted octanol–water partition coefficient (Wildman–Crippen LogP) is 4.04. The van der Waals surface area contributed by atoms with Crippen LogP contribution in [-0.4, -0.2) is 23.9 Å². The summed E-state index contributed by atoms with van der Waals surface area (Å²) in [6, 6.07) is 6.97. The Kier molecular flexibility index (Phi) is 7.28. The van der Waals surface area contributed by atoms with Crippen molar-refractivity contribution >= 4 is 27.7 Å². The average Bonchev–Trinajstić information content (AvgIpc) is 2.81. The van der Waals surface area contributed by atoms with Crippen molar-refractivity contribution in [2.75, 3.05) is 0 Å². The molecule has 2 amide bonds. The second-order valence-corrected chi connectivity index (χ2v) is 7.73. The van der Waals surface area contributed by atoms with E-state index in [2.05, 4.69) is 26.6 Å². The second kappa shape index (κ2) is 9.21. The molecule has 1 aliphatic carbocycles. The smallest absolute Gasteiger partial charge is 0.253 e. The highest BCUT2D eigenvalue weighted by atomic mass is 79.9. The van der Waals surface area contributed by atoms with Crippen molar-refractivity contribution in [3.05, 3.63) is 34.3 Å². The largest absolute Gasteiger partial charge is 0.352 e. The molecule has 1 aromatic carbocycles. The number of rotatable bonds is 5. The van der Waals surface area contributed by atoms with E-state index in [9.17, 15) is 9.59 Å². The van der Waals surface area contributed by atoms with Crippen LogP contribution in [0.5, 0.6) is 0 Å². The molecule has 5 heteroatoms. The summed E-state index contributed by atoms with van der Waals surface area (Å²) < 4.78 is 0.731. The highest BCUT2D eigenvalue weighted by Gasteiger charge is 2.27. The Morgan fingerprint density at radius 3 is 2.29 bits per heavy atom. The molecule has 24 heavy (non-hydrogen) atoms. The molecule has 0 saturated heterocycles. The Balaban J connectivity index is 2.01. The number of carbonyl (C=O) groups is 2. The van der Waals surface area contributed by atoms with Gasteiger partial charge in [-0.05, 0) is 46.8 Å². The summed E-state index contributed by atoms with van der Waals surface area (Å²) in [6.45, 7) is 3.91.